The van der Waals surface area contributed by atoms with Crippen LogP contribution in [0, 0.1) is 19.7 Å². The minimum Gasteiger partial charge on any atom is -0.459 e. The van der Waals surface area contributed by atoms with E-state index in [1.54, 1.807) is 34.7 Å². The van der Waals surface area contributed by atoms with Crippen LogP contribution >= 0.6 is 34.8 Å². The van der Waals surface area contributed by atoms with Gasteiger partial charge in [0.05, 0.1) is 22.4 Å². The van der Waals surface area contributed by atoms with E-state index in [1.165, 1.54) is 41.9 Å². The Bertz CT molecular complexity index is 1800. The Balaban J connectivity index is 0.000000238. The Kier molecular flexibility index (Phi) is 10.8. The van der Waals surface area contributed by atoms with Crippen molar-refractivity contribution in [2.75, 3.05) is 0 Å². The molecule has 0 atom stereocenters. The Labute approximate surface area is 258 Å². The van der Waals surface area contributed by atoms with E-state index in [0.29, 0.717) is 11.3 Å². The summed E-state index contributed by atoms with van der Waals surface area (Å²) in [4.78, 5) is 36.6. The van der Waals surface area contributed by atoms with Gasteiger partial charge in [-0.15, -0.1) is 0 Å². The molecule has 230 valence electrons. The van der Waals surface area contributed by atoms with Crippen molar-refractivity contribution in [3.63, 3.8) is 0 Å². The first-order valence-electron chi connectivity index (χ1n) is 12.5. The minimum absolute atomic E-state index is 0.0158. The summed E-state index contributed by atoms with van der Waals surface area (Å²) < 4.78 is 51.2. The maximum atomic E-state index is 13.9. The third-order valence-corrected chi connectivity index (χ3v) is 7.05. The fourth-order valence-electron chi connectivity index (χ4n) is 3.77. The van der Waals surface area contributed by atoms with Crippen molar-refractivity contribution in [3.8, 4) is 22.8 Å². The van der Waals surface area contributed by atoms with Gasteiger partial charge in [0.25, 0.3) is 5.56 Å². The summed E-state index contributed by atoms with van der Waals surface area (Å²) in [6.07, 6.45) is -0.308. The van der Waals surface area contributed by atoms with Crippen LogP contribution in [0.5, 0.6) is 5.88 Å². The predicted molar refractivity (Wildman–Crippen MR) is 158 cm³/mol. The normalized spacial score (nSPS) is 11.0. The van der Waals surface area contributed by atoms with E-state index in [4.69, 9.17) is 39.5 Å². The fourth-order valence-corrected chi connectivity index (χ4v) is 4.42. The lowest BCUT2D eigenvalue weighted by molar-refractivity contribution is -0.0552. The van der Waals surface area contributed by atoms with E-state index < -0.39 is 29.6 Å². The molecular formula is C28H26Cl3F3N4O5. The Morgan fingerprint density at radius 1 is 0.977 bits per heavy atom. The molecule has 2 aromatic heterocycles. The van der Waals surface area contributed by atoms with Crippen LogP contribution in [0.4, 0.5) is 13.2 Å². The molecule has 4 rings (SSSR count). The zero-order valence-electron chi connectivity index (χ0n) is 23.7. The summed E-state index contributed by atoms with van der Waals surface area (Å²) >= 11 is 17.8. The van der Waals surface area contributed by atoms with Gasteiger partial charge in [0.15, 0.2) is 0 Å². The number of aryl methyl sites for hydroxylation is 3. The van der Waals surface area contributed by atoms with Crippen molar-refractivity contribution >= 4 is 40.8 Å². The molecule has 0 aliphatic heterocycles. The van der Waals surface area contributed by atoms with Crippen LogP contribution in [-0.2, 0) is 18.8 Å². The van der Waals surface area contributed by atoms with E-state index >= 15 is 0 Å². The quantitative estimate of drug-likeness (QED) is 0.219. The number of carbonyl (C=O) groups excluding carboxylic acids is 1. The summed E-state index contributed by atoms with van der Waals surface area (Å²) in [7, 11) is 2.94. The summed E-state index contributed by atoms with van der Waals surface area (Å²) in [5.41, 5.74) is 0.629. The van der Waals surface area contributed by atoms with Gasteiger partial charge in [0.2, 0.25) is 5.88 Å². The third kappa shape index (κ3) is 7.62. The molecule has 2 aromatic carbocycles. The molecular weight excluding hydrogens is 636 g/mol. The molecule has 0 saturated heterocycles. The van der Waals surface area contributed by atoms with Crippen molar-refractivity contribution in [1.82, 2.24) is 18.9 Å². The van der Waals surface area contributed by atoms with Gasteiger partial charge in [0.1, 0.15) is 16.5 Å². The van der Waals surface area contributed by atoms with E-state index in [9.17, 15) is 27.6 Å². The predicted octanol–water partition coefficient (Wildman–Crippen LogP) is 6.51. The van der Waals surface area contributed by atoms with Crippen LogP contribution in [0.1, 0.15) is 35.5 Å². The lowest BCUT2D eigenvalue weighted by atomic mass is 10.1. The van der Waals surface area contributed by atoms with Crippen LogP contribution in [-0.4, -0.2) is 37.6 Å². The van der Waals surface area contributed by atoms with Gasteiger partial charge in [-0.05, 0) is 63.6 Å². The number of hydrogen-bond donors (Lipinski definition) is 0. The molecule has 0 amide bonds. The molecule has 0 aliphatic carbocycles. The van der Waals surface area contributed by atoms with Crippen LogP contribution in [0.3, 0.4) is 0 Å². The number of aromatic nitrogens is 4. The van der Waals surface area contributed by atoms with Gasteiger partial charge in [-0.25, -0.2) is 23.2 Å². The number of esters is 1. The molecule has 9 nitrogen and oxygen atoms in total. The lowest BCUT2D eigenvalue weighted by Gasteiger charge is -2.12. The van der Waals surface area contributed by atoms with Gasteiger partial charge in [-0.2, -0.15) is 13.9 Å². The highest BCUT2D eigenvalue weighted by molar-refractivity contribution is 6.34. The largest absolute Gasteiger partial charge is 0.459 e. The molecule has 43 heavy (non-hydrogen) atoms. The third-order valence-electron chi connectivity index (χ3n) is 5.97. The molecule has 0 aliphatic rings. The summed E-state index contributed by atoms with van der Waals surface area (Å²) in [5.74, 6) is -1.59. The summed E-state index contributed by atoms with van der Waals surface area (Å²) in [6.45, 7) is 3.73. The maximum absolute atomic E-state index is 13.9. The minimum atomic E-state index is -3.05. The topological polar surface area (TPSA) is 97.4 Å². The standard InChI is InChI=1S/C16H17ClN2O4.C12H9Cl2F3N2O/c1-9(2)23-15(21)12-8-11(5-6-13(12)17)19-14(20)7-10(3)18(4)16(19)22;1-5-3-6(8(15)4-7(5)13)10-9(14)11(19(2)18-10)20-12(16)17/h5-9H,1-4H3;3-4,12H,1-2H3. The van der Waals surface area contributed by atoms with Crippen molar-refractivity contribution in [1.29, 1.82) is 0 Å². The number of ether oxygens (including phenoxy) is 2. The number of halogens is 6. The summed E-state index contributed by atoms with van der Waals surface area (Å²) in [5, 5.41) is 4.17. The highest BCUT2D eigenvalue weighted by Crippen LogP contribution is 2.37. The number of nitrogens with zero attached hydrogens (tertiary/aromatic N) is 4. The number of hydrogen-bond acceptors (Lipinski definition) is 6. The molecule has 0 unspecified atom stereocenters. The average Bonchev–Trinajstić information content (AvgIpc) is 3.18. The highest BCUT2D eigenvalue weighted by Gasteiger charge is 2.23. The number of carbonyl (C=O) groups is 1. The highest BCUT2D eigenvalue weighted by atomic mass is 35.5. The maximum Gasteiger partial charge on any atom is 0.388 e. The second-order valence-corrected chi connectivity index (χ2v) is 10.7. The molecule has 0 spiro atoms. The average molecular weight is 662 g/mol. The van der Waals surface area contributed by atoms with Crippen LogP contribution < -0.4 is 16.0 Å². The number of alkyl halides is 2. The van der Waals surface area contributed by atoms with E-state index in [1.807, 2.05) is 0 Å². The van der Waals surface area contributed by atoms with Gasteiger partial charge in [-0.3, -0.25) is 4.79 Å². The fraction of sp³-hybridized carbons (Fsp3) is 0.286. The van der Waals surface area contributed by atoms with Gasteiger partial charge in [0, 0.05) is 36.4 Å². The first-order chi connectivity index (χ1) is 20.0. The molecule has 0 bridgehead atoms. The van der Waals surface area contributed by atoms with E-state index in [0.717, 1.165) is 15.3 Å². The molecule has 4 aromatic rings. The Hall–Kier alpha value is -3.74. The molecule has 15 heteroatoms. The zero-order chi connectivity index (χ0) is 32.3. The van der Waals surface area contributed by atoms with Gasteiger partial charge in [-0.1, -0.05) is 34.8 Å². The first kappa shape index (κ1) is 33.8. The SMILES string of the molecule is Cc1cc(-c2nn(C)c(OC(F)F)c2Cl)c(F)cc1Cl.Cc1cc(=O)n(-c2ccc(Cl)c(C(=O)OC(C)C)c2)c(=O)n1C. The number of benzene rings is 2. The van der Waals surface area contributed by atoms with Gasteiger partial charge < -0.3 is 14.0 Å². The second-order valence-electron chi connectivity index (χ2n) is 9.47. The van der Waals surface area contributed by atoms with Gasteiger partial charge >= 0.3 is 18.3 Å². The van der Waals surface area contributed by atoms with Crippen molar-refractivity contribution in [2.24, 2.45) is 14.1 Å². The molecule has 0 radical (unpaired) electrons. The molecule has 2 heterocycles. The van der Waals surface area contributed by atoms with Crippen molar-refractivity contribution in [2.45, 2.75) is 40.4 Å². The monoisotopic (exact) mass is 660 g/mol. The van der Waals surface area contributed by atoms with Crippen LogP contribution in [0.25, 0.3) is 16.9 Å². The van der Waals surface area contributed by atoms with Crippen molar-refractivity contribution in [3.05, 3.63) is 94.9 Å². The zero-order valence-corrected chi connectivity index (χ0v) is 26.0. The second kappa shape index (κ2) is 13.7. The molecule has 0 N–H and O–H groups in total. The van der Waals surface area contributed by atoms with Crippen LogP contribution in [0.2, 0.25) is 15.1 Å². The molecule has 0 fully saturated rings. The number of rotatable bonds is 6. The summed E-state index contributed by atoms with van der Waals surface area (Å²) in [6, 6.07) is 8.25. The Morgan fingerprint density at radius 2 is 1.63 bits per heavy atom. The van der Waals surface area contributed by atoms with E-state index in [2.05, 4.69) is 9.84 Å². The smallest absolute Gasteiger partial charge is 0.388 e. The lowest BCUT2D eigenvalue weighted by Crippen LogP contribution is -2.38. The van der Waals surface area contributed by atoms with Crippen molar-refractivity contribution < 1.29 is 27.4 Å². The van der Waals surface area contributed by atoms with E-state index in [-0.39, 0.29) is 49.6 Å². The Morgan fingerprint density at radius 3 is 2.23 bits per heavy atom. The first-order valence-corrected chi connectivity index (χ1v) is 13.6. The van der Waals surface area contributed by atoms with Crippen LogP contribution in [0.15, 0.2) is 46.0 Å². The molecule has 0 saturated carbocycles.